The molecular formula is C22H20N2O3S3. The molecule has 1 atom stereocenters. The van der Waals surface area contributed by atoms with Crippen LogP contribution in [0.5, 0.6) is 0 Å². The summed E-state index contributed by atoms with van der Waals surface area (Å²) in [5.74, 6) is -0.440. The highest BCUT2D eigenvalue weighted by atomic mass is 32.2. The molecule has 30 heavy (non-hydrogen) atoms. The summed E-state index contributed by atoms with van der Waals surface area (Å²) in [5, 5.41) is 1.97. The molecule has 0 aliphatic carbocycles. The summed E-state index contributed by atoms with van der Waals surface area (Å²) in [7, 11) is 0. The van der Waals surface area contributed by atoms with Crippen molar-refractivity contribution in [3.8, 4) is 0 Å². The van der Waals surface area contributed by atoms with E-state index in [1.165, 1.54) is 11.3 Å². The summed E-state index contributed by atoms with van der Waals surface area (Å²) in [6, 6.07) is 11.3. The number of carbonyl (C=O) groups excluding carboxylic acids is 1. The molecule has 8 heteroatoms. The SMILES string of the molecule is CCOC(=O)C1=C(C)N=c2s/c(=C/c3cccs3)c(=O)n2[C@@H]1c1ccc(SC)cc1. The zero-order valence-electron chi connectivity index (χ0n) is 16.7. The van der Waals surface area contributed by atoms with Crippen molar-refractivity contribution in [1.29, 1.82) is 0 Å². The number of allylic oxidation sites excluding steroid dienone is 1. The van der Waals surface area contributed by atoms with E-state index < -0.39 is 12.0 Å². The van der Waals surface area contributed by atoms with Gasteiger partial charge in [-0.2, -0.15) is 0 Å². The zero-order chi connectivity index (χ0) is 21.3. The van der Waals surface area contributed by atoms with Crippen molar-refractivity contribution in [2.24, 2.45) is 4.99 Å². The first-order valence-electron chi connectivity index (χ1n) is 9.40. The monoisotopic (exact) mass is 456 g/mol. The highest BCUT2D eigenvalue weighted by Crippen LogP contribution is 2.31. The first-order chi connectivity index (χ1) is 14.5. The Kier molecular flexibility index (Phi) is 6.08. The molecule has 0 saturated carbocycles. The van der Waals surface area contributed by atoms with E-state index in [2.05, 4.69) is 4.99 Å². The smallest absolute Gasteiger partial charge is 0.338 e. The summed E-state index contributed by atoms with van der Waals surface area (Å²) in [5.41, 5.74) is 1.69. The molecule has 0 radical (unpaired) electrons. The Hall–Kier alpha value is -2.42. The van der Waals surface area contributed by atoms with Crippen LogP contribution in [0, 0.1) is 0 Å². The fraction of sp³-hybridized carbons (Fsp3) is 0.227. The third kappa shape index (κ3) is 3.82. The molecule has 0 unspecified atom stereocenters. The van der Waals surface area contributed by atoms with Gasteiger partial charge >= 0.3 is 5.97 Å². The van der Waals surface area contributed by atoms with Gasteiger partial charge in [-0.25, -0.2) is 9.79 Å². The minimum atomic E-state index is -0.568. The van der Waals surface area contributed by atoms with Gasteiger partial charge in [0.2, 0.25) is 0 Å². The number of hydrogen-bond acceptors (Lipinski definition) is 7. The van der Waals surface area contributed by atoms with Crippen LogP contribution < -0.4 is 14.9 Å². The standard InChI is InChI=1S/C22H20N2O3S3/c1-4-27-21(26)18-13(2)23-22-24(19(18)14-7-9-15(28-3)10-8-14)20(25)17(30-22)12-16-6-5-11-29-16/h5-12,19H,4H2,1-3H3/b17-12+/t19-/m1/s1. The van der Waals surface area contributed by atoms with Gasteiger partial charge in [-0.15, -0.1) is 23.1 Å². The highest BCUT2D eigenvalue weighted by molar-refractivity contribution is 7.98. The van der Waals surface area contributed by atoms with Gasteiger partial charge < -0.3 is 4.74 Å². The van der Waals surface area contributed by atoms with Crippen molar-refractivity contribution in [2.75, 3.05) is 12.9 Å². The maximum absolute atomic E-state index is 13.4. The van der Waals surface area contributed by atoms with Crippen LogP contribution in [0.3, 0.4) is 0 Å². The maximum Gasteiger partial charge on any atom is 0.338 e. The predicted octanol–water partition coefficient (Wildman–Crippen LogP) is 3.58. The molecule has 0 spiro atoms. The summed E-state index contributed by atoms with van der Waals surface area (Å²) < 4.78 is 7.54. The number of nitrogens with zero attached hydrogens (tertiary/aromatic N) is 2. The molecule has 0 amide bonds. The number of carbonyl (C=O) groups is 1. The van der Waals surface area contributed by atoms with E-state index in [1.807, 2.05) is 54.1 Å². The Bertz CT molecular complexity index is 1280. The molecule has 4 rings (SSSR count). The van der Waals surface area contributed by atoms with E-state index in [1.54, 1.807) is 41.5 Å². The van der Waals surface area contributed by atoms with E-state index >= 15 is 0 Å². The van der Waals surface area contributed by atoms with Crippen LogP contribution >= 0.6 is 34.4 Å². The lowest BCUT2D eigenvalue weighted by atomic mass is 9.96. The quantitative estimate of drug-likeness (QED) is 0.435. The van der Waals surface area contributed by atoms with Crippen molar-refractivity contribution in [3.63, 3.8) is 0 Å². The largest absolute Gasteiger partial charge is 0.463 e. The number of thioether (sulfide) groups is 1. The van der Waals surface area contributed by atoms with Crippen LogP contribution in [0.25, 0.3) is 6.08 Å². The molecule has 154 valence electrons. The van der Waals surface area contributed by atoms with Gasteiger partial charge in [0.15, 0.2) is 4.80 Å². The van der Waals surface area contributed by atoms with Crippen molar-refractivity contribution >= 4 is 46.5 Å². The zero-order valence-corrected chi connectivity index (χ0v) is 19.2. The van der Waals surface area contributed by atoms with Crippen LogP contribution in [0.2, 0.25) is 0 Å². The van der Waals surface area contributed by atoms with Gasteiger partial charge in [0.25, 0.3) is 5.56 Å². The van der Waals surface area contributed by atoms with Gasteiger partial charge in [-0.3, -0.25) is 9.36 Å². The molecule has 1 aromatic carbocycles. The Morgan fingerprint density at radius 1 is 1.30 bits per heavy atom. The third-order valence-electron chi connectivity index (χ3n) is 4.77. The number of fused-ring (bicyclic) bond motifs is 1. The Morgan fingerprint density at radius 2 is 2.07 bits per heavy atom. The average Bonchev–Trinajstić information content (AvgIpc) is 3.36. The van der Waals surface area contributed by atoms with Gasteiger partial charge in [0, 0.05) is 9.77 Å². The van der Waals surface area contributed by atoms with Crippen molar-refractivity contribution < 1.29 is 9.53 Å². The number of aromatic nitrogens is 1. The van der Waals surface area contributed by atoms with Crippen LogP contribution in [0.1, 0.15) is 30.3 Å². The molecule has 1 aliphatic heterocycles. The van der Waals surface area contributed by atoms with Gasteiger partial charge in [0.05, 0.1) is 28.5 Å². The summed E-state index contributed by atoms with van der Waals surface area (Å²) in [6.45, 7) is 3.83. The van der Waals surface area contributed by atoms with E-state index in [-0.39, 0.29) is 12.2 Å². The van der Waals surface area contributed by atoms with E-state index in [0.717, 1.165) is 15.3 Å². The fourth-order valence-corrected chi connectivity index (χ4v) is 5.57. The molecule has 3 heterocycles. The van der Waals surface area contributed by atoms with E-state index in [9.17, 15) is 9.59 Å². The average molecular weight is 457 g/mol. The molecule has 1 aliphatic rings. The van der Waals surface area contributed by atoms with Crippen molar-refractivity contribution in [2.45, 2.75) is 24.8 Å². The van der Waals surface area contributed by atoms with Crippen LogP contribution in [-0.2, 0) is 9.53 Å². The Balaban J connectivity index is 1.95. The molecule has 0 N–H and O–H groups in total. The predicted molar refractivity (Wildman–Crippen MR) is 123 cm³/mol. The maximum atomic E-state index is 13.4. The van der Waals surface area contributed by atoms with Gasteiger partial charge in [-0.05, 0) is 55.3 Å². The lowest BCUT2D eigenvalue weighted by Crippen LogP contribution is -2.39. The number of hydrogen-bond donors (Lipinski definition) is 0. The van der Waals surface area contributed by atoms with Crippen LogP contribution in [-0.4, -0.2) is 23.4 Å². The lowest BCUT2D eigenvalue weighted by molar-refractivity contribution is -0.139. The summed E-state index contributed by atoms with van der Waals surface area (Å²) in [6.07, 6.45) is 3.89. The normalized spacial score (nSPS) is 16.4. The summed E-state index contributed by atoms with van der Waals surface area (Å²) in [4.78, 5) is 33.5. The second kappa shape index (κ2) is 8.75. The number of rotatable bonds is 5. The molecule has 0 fully saturated rings. The second-order valence-corrected chi connectivity index (χ2v) is 9.46. The van der Waals surface area contributed by atoms with Crippen LogP contribution in [0.4, 0.5) is 0 Å². The Morgan fingerprint density at radius 3 is 2.70 bits per heavy atom. The van der Waals surface area contributed by atoms with Crippen LogP contribution in [0.15, 0.2) is 67.7 Å². The minimum Gasteiger partial charge on any atom is -0.463 e. The number of benzene rings is 1. The fourth-order valence-electron chi connectivity index (χ4n) is 3.40. The number of thiazole rings is 1. The van der Waals surface area contributed by atoms with E-state index in [4.69, 9.17) is 4.74 Å². The molecular weight excluding hydrogens is 436 g/mol. The number of ether oxygens (including phenoxy) is 1. The molecule has 0 bridgehead atoms. The number of thiophene rings is 1. The van der Waals surface area contributed by atoms with Crippen molar-refractivity contribution in [3.05, 3.63) is 83.2 Å². The van der Waals surface area contributed by atoms with Gasteiger partial charge in [0.1, 0.15) is 0 Å². The van der Waals surface area contributed by atoms with Gasteiger partial charge in [-0.1, -0.05) is 29.5 Å². The summed E-state index contributed by atoms with van der Waals surface area (Å²) >= 11 is 4.56. The molecule has 2 aromatic heterocycles. The highest BCUT2D eigenvalue weighted by Gasteiger charge is 2.33. The molecule has 0 saturated heterocycles. The molecule has 5 nitrogen and oxygen atoms in total. The first kappa shape index (κ1) is 20.8. The Labute approximate surface area is 186 Å². The van der Waals surface area contributed by atoms with E-state index in [0.29, 0.717) is 20.6 Å². The molecule has 3 aromatic rings. The second-order valence-electron chi connectivity index (χ2n) is 6.59. The minimum absolute atomic E-state index is 0.152. The topological polar surface area (TPSA) is 60.7 Å². The first-order valence-corrected chi connectivity index (χ1v) is 12.3. The number of esters is 1. The lowest BCUT2D eigenvalue weighted by Gasteiger charge is -2.24. The van der Waals surface area contributed by atoms with Crippen molar-refractivity contribution in [1.82, 2.24) is 4.57 Å². The third-order valence-corrected chi connectivity index (χ3v) is 7.31.